The maximum absolute atomic E-state index is 12.5. The van der Waals surface area contributed by atoms with Crippen LogP contribution in [0.15, 0.2) is 36.5 Å². The zero-order valence-corrected chi connectivity index (χ0v) is 14.2. The average Bonchev–Trinajstić information content (AvgIpc) is 3.25. The number of carbonyl (C=O) groups is 2. The molecule has 2 aromatic rings. The first-order valence-corrected chi connectivity index (χ1v) is 8.17. The molecule has 2 heterocycles. The fourth-order valence-electron chi connectivity index (χ4n) is 2.58. The van der Waals surface area contributed by atoms with Crippen LogP contribution in [0.1, 0.15) is 35.7 Å². The van der Waals surface area contributed by atoms with E-state index in [1.807, 2.05) is 12.1 Å². The van der Waals surface area contributed by atoms with Gasteiger partial charge in [0.2, 0.25) is 5.91 Å². The number of aromatic nitrogens is 1. The molecule has 0 saturated carbocycles. The van der Waals surface area contributed by atoms with Gasteiger partial charge in [-0.2, -0.15) is 0 Å². The molecule has 1 aromatic carbocycles. The van der Waals surface area contributed by atoms with Crippen LogP contribution < -0.4 is 10.6 Å². The van der Waals surface area contributed by atoms with E-state index in [1.54, 1.807) is 42.9 Å². The van der Waals surface area contributed by atoms with Gasteiger partial charge >= 0.3 is 0 Å². The molecule has 0 spiro atoms. The number of aryl methyl sites for hydroxylation is 1. The molecule has 0 radical (unpaired) electrons. The smallest absolute Gasteiger partial charge is 0.272 e. The van der Waals surface area contributed by atoms with Gasteiger partial charge in [0.05, 0.1) is 18.9 Å². The molecule has 7 heteroatoms. The molecule has 0 aliphatic carbocycles. The quantitative estimate of drug-likeness (QED) is 0.874. The highest BCUT2D eigenvalue weighted by atomic mass is 16.7. The van der Waals surface area contributed by atoms with Crippen LogP contribution in [0.25, 0.3) is 0 Å². The molecular formula is C18H21N3O4. The van der Waals surface area contributed by atoms with Crippen molar-refractivity contribution in [2.75, 3.05) is 23.8 Å². The van der Waals surface area contributed by atoms with Crippen molar-refractivity contribution in [3.63, 3.8) is 0 Å². The number of anilines is 2. The Hall–Kier alpha value is -2.64. The first kappa shape index (κ1) is 17.2. The summed E-state index contributed by atoms with van der Waals surface area (Å²) in [6.45, 7) is 2.96. The van der Waals surface area contributed by atoms with Crippen molar-refractivity contribution in [1.29, 1.82) is 0 Å². The highest BCUT2D eigenvalue weighted by molar-refractivity contribution is 6.04. The normalized spacial score (nSPS) is 14.5. The van der Waals surface area contributed by atoms with Crippen molar-refractivity contribution >= 4 is 23.2 Å². The van der Waals surface area contributed by atoms with Crippen LogP contribution in [0, 0.1) is 0 Å². The Labute approximate surface area is 145 Å². The molecule has 1 aliphatic heterocycles. The molecule has 7 nitrogen and oxygen atoms in total. The summed E-state index contributed by atoms with van der Waals surface area (Å²) in [7, 11) is 1.76. The lowest BCUT2D eigenvalue weighted by molar-refractivity contribution is -0.115. The van der Waals surface area contributed by atoms with Crippen LogP contribution in [-0.4, -0.2) is 29.6 Å². The Kier molecular flexibility index (Phi) is 5.16. The molecule has 132 valence electrons. The van der Waals surface area contributed by atoms with E-state index < -0.39 is 0 Å². The fraction of sp³-hybridized carbons (Fsp3) is 0.333. The average molecular weight is 343 g/mol. The summed E-state index contributed by atoms with van der Waals surface area (Å²) in [5.41, 5.74) is 2.65. The Bertz CT molecular complexity index is 761. The number of nitrogens with one attached hydrogen (secondary N) is 2. The van der Waals surface area contributed by atoms with Crippen LogP contribution in [-0.2, 0) is 21.3 Å². The molecule has 1 aromatic heterocycles. The third kappa shape index (κ3) is 4.07. The summed E-state index contributed by atoms with van der Waals surface area (Å²) in [6.07, 6.45) is 1.76. The Balaban J connectivity index is 1.66. The largest absolute Gasteiger partial charge is 0.346 e. The second-order valence-corrected chi connectivity index (χ2v) is 5.78. The summed E-state index contributed by atoms with van der Waals surface area (Å²) in [4.78, 5) is 23.9. The number of hydrogen-bond acceptors (Lipinski definition) is 4. The van der Waals surface area contributed by atoms with E-state index >= 15 is 0 Å². The molecule has 2 amide bonds. The van der Waals surface area contributed by atoms with E-state index in [0.29, 0.717) is 36.7 Å². The van der Waals surface area contributed by atoms with E-state index in [9.17, 15) is 9.59 Å². The Morgan fingerprint density at radius 3 is 2.44 bits per heavy atom. The van der Waals surface area contributed by atoms with Gasteiger partial charge in [0, 0.05) is 30.9 Å². The number of amides is 2. The Morgan fingerprint density at radius 2 is 1.80 bits per heavy atom. The van der Waals surface area contributed by atoms with Gasteiger partial charge in [-0.25, -0.2) is 0 Å². The van der Waals surface area contributed by atoms with Crippen molar-refractivity contribution in [3.05, 3.63) is 47.8 Å². The van der Waals surface area contributed by atoms with E-state index in [4.69, 9.17) is 9.47 Å². The molecule has 2 N–H and O–H groups in total. The molecule has 1 fully saturated rings. The van der Waals surface area contributed by atoms with Gasteiger partial charge in [-0.3, -0.25) is 9.59 Å². The minimum absolute atomic E-state index is 0.0931. The van der Waals surface area contributed by atoms with Gasteiger partial charge in [-0.1, -0.05) is 19.1 Å². The van der Waals surface area contributed by atoms with Crippen LogP contribution >= 0.6 is 0 Å². The van der Waals surface area contributed by atoms with E-state index in [1.165, 1.54) is 0 Å². The van der Waals surface area contributed by atoms with Gasteiger partial charge in [-0.05, 0) is 18.2 Å². The Morgan fingerprint density at radius 1 is 1.12 bits per heavy atom. The van der Waals surface area contributed by atoms with Gasteiger partial charge in [-0.15, -0.1) is 0 Å². The van der Waals surface area contributed by atoms with Crippen LogP contribution in [0.4, 0.5) is 11.4 Å². The second-order valence-electron chi connectivity index (χ2n) is 5.78. The van der Waals surface area contributed by atoms with E-state index in [-0.39, 0.29) is 18.1 Å². The lowest BCUT2D eigenvalue weighted by Gasteiger charge is -2.10. The maximum atomic E-state index is 12.5. The molecule has 3 rings (SSSR count). The first-order chi connectivity index (χ1) is 12.1. The second kappa shape index (κ2) is 7.50. The number of rotatable bonds is 5. The first-order valence-electron chi connectivity index (χ1n) is 8.17. The molecule has 0 bridgehead atoms. The van der Waals surface area contributed by atoms with Gasteiger partial charge < -0.3 is 24.7 Å². The highest BCUT2D eigenvalue weighted by Gasteiger charge is 2.18. The molecule has 25 heavy (non-hydrogen) atoms. The fourth-order valence-corrected chi connectivity index (χ4v) is 2.58. The zero-order valence-electron chi connectivity index (χ0n) is 14.2. The summed E-state index contributed by atoms with van der Waals surface area (Å²) in [5, 5.41) is 5.59. The third-order valence-corrected chi connectivity index (χ3v) is 3.90. The monoisotopic (exact) mass is 343 g/mol. The lowest BCUT2D eigenvalue weighted by Crippen LogP contribution is -2.15. The molecule has 0 atom stereocenters. The number of benzene rings is 1. The summed E-state index contributed by atoms with van der Waals surface area (Å²) in [5.74, 6) is -0.342. The third-order valence-electron chi connectivity index (χ3n) is 3.90. The van der Waals surface area contributed by atoms with Crippen molar-refractivity contribution in [1.82, 2.24) is 4.57 Å². The zero-order chi connectivity index (χ0) is 17.8. The van der Waals surface area contributed by atoms with Gasteiger partial charge in [0.1, 0.15) is 5.69 Å². The summed E-state index contributed by atoms with van der Waals surface area (Å²) in [6, 6.07) is 8.99. The number of ether oxygens (including phenoxy) is 2. The molecular weight excluding hydrogens is 322 g/mol. The lowest BCUT2D eigenvalue weighted by atomic mass is 10.2. The molecule has 1 saturated heterocycles. The SMILES string of the molecule is CCC(=O)Nc1cc(C(=O)Nc2ccc(C3OCCO3)cc2)n(C)c1. The number of nitrogens with zero attached hydrogens (tertiary/aromatic N) is 1. The van der Waals surface area contributed by atoms with Crippen molar-refractivity contribution in [3.8, 4) is 0 Å². The predicted octanol–water partition coefficient (Wildman–Crippen LogP) is 2.67. The minimum Gasteiger partial charge on any atom is -0.346 e. The highest BCUT2D eigenvalue weighted by Crippen LogP contribution is 2.24. The summed E-state index contributed by atoms with van der Waals surface area (Å²) >= 11 is 0. The maximum Gasteiger partial charge on any atom is 0.272 e. The molecule has 0 unspecified atom stereocenters. The molecule has 1 aliphatic rings. The van der Waals surface area contributed by atoms with Gasteiger partial charge in [0.25, 0.3) is 5.91 Å². The van der Waals surface area contributed by atoms with Crippen molar-refractivity contribution in [2.45, 2.75) is 19.6 Å². The van der Waals surface area contributed by atoms with Gasteiger partial charge in [0.15, 0.2) is 6.29 Å². The van der Waals surface area contributed by atoms with Crippen LogP contribution in [0.2, 0.25) is 0 Å². The standard InChI is InChI=1S/C18H21N3O4/c1-3-16(22)19-14-10-15(21(2)11-14)17(23)20-13-6-4-12(5-7-13)18-24-8-9-25-18/h4-7,10-11,18H,3,8-9H2,1-2H3,(H,19,22)(H,20,23). The van der Waals surface area contributed by atoms with Crippen LogP contribution in [0.5, 0.6) is 0 Å². The topological polar surface area (TPSA) is 81.6 Å². The number of carbonyl (C=O) groups excluding carboxylic acids is 2. The van der Waals surface area contributed by atoms with Crippen molar-refractivity contribution in [2.24, 2.45) is 7.05 Å². The minimum atomic E-state index is -0.331. The number of hydrogen-bond donors (Lipinski definition) is 2. The van der Waals surface area contributed by atoms with Crippen LogP contribution in [0.3, 0.4) is 0 Å². The summed E-state index contributed by atoms with van der Waals surface area (Å²) < 4.78 is 12.6. The van der Waals surface area contributed by atoms with E-state index in [0.717, 1.165) is 5.56 Å². The van der Waals surface area contributed by atoms with E-state index in [2.05, 4.69) is 10.6 Å². The van der Waals surface area contributed by atoms with Crippen molar-refractivity contribution < 1.29 is 19.1 Å². The predicted molar refractivity (Wildman–Crippen MR) is 93.4 cm³/mol.